The molecule has 1 amide bonds. The summed E-state index contributed by atoms with van der Waals surface area (Å²) in [6.45, 7) is 17.1. The standard InChI is InChI=1S/C26H33NO6.2C2H6/c1-17(13-19-11-12-22-23(14-19)31-16-24(32-22)18(2)28)27(25(30)33-26(3,4)5)15-21(29)20-9-7-6-8-10-20;2*1-2/h6-12,14,17,21,24,29H,13,15-16H2,1-5H3;2*1-2H3/t17?,21?,24-;;/m1../s1. The number of hydrogen-bond acceptors (Lipinski definition) is 6. The first kappa shape index (κ1) is 32.0. The van der Waals surface area contributed by atoms with E-state index in [9.17, 15) is 14.7 Å². The van der Waals surface area contributed by atoms with Gasteiger partial charge in [0, 0.05) is 6.04 Å². The molecule has 0 bridgehead atoms. The highest BCUT2D eigenvalue weighted by atomic mass is 16.6. The van der Waals surface area contributed by atoms with Gasteiger partial charge in [-0.25, -0.2) is 4.79 Å². The minimum atomic E-state index is -0.843. The fourth-order valence-electron chi connectivity index (χ4n) is 3.62. The van der Waals surface area contributed by atoms with Gasteiger partial charge < -0.3 is 24.2 Å². The van der Waals surface area contributed by atoms with E-state index in [0.717, 1.165) is 11.1 Å². The smallest absolute Gasteiger partial charge is 0.410 e. The van der Waals surface area contributed by atoms with Gasteiger partial charge in [-0.2, -0.15) is 0 Å². The van der Waals surface area contributed by atoms with Crippen molar-refractivity contribution in [2.75, 3.05) is 13.2 Å². The van der Waals surface area contributed by atoms with Crippen molar-refractivity contribution in [3.8, 4) is 11.5 Å². The summed E-state index contributed by atoms with van der Waals surface area (Å²) in [4.78, 5) is 26.1. The lowest BCUT2D eigenvalue weighted by Gasteiger charge is -2.33. The van der Waals surface area contributed by atoms with Crippen molar-refractivity contribution in [1.29, 1.82) is 0 Å². The minimum absolute atomic E-state index is 0.0803. The van der Waals surface area contributed by atoms with Crippen molar-refractivity contribution in [3.05, 3.63) is 59.7 Å². The molecule has 37 heavy (non-hydrogen) atoms. The van der Waals surface area contributed by atoms with Gasteiger partial charge in [0.2, 0.25) is 0 Å². The first-order valence-corrected chi connectivity index (χ1v) is 13.2. The molecule has 7 nitrogen and oxygen atoms in total. The van der Waals surface area contributed by atoms with Crippen LogP contribution in [-0.4, -0.2) is 52.8 Å². The molecule has 3 rings (SSSR count). The SMILES string of the molecule is CC.CC.CC(=O)[C@H]1COc2cc(CC(C)N(CC(O)c3ccccc3)C(=O)OC(C)(C)C)ccc2O1. The maximum atomic E-state index is 13.0. The number of aliphatic hydroxyl groups excluding tert-OH is 1. The van der Waals surface area contributed by atoms with Gasteiger partial charge in [-0.05, 0) is 64.3 Å². The highest BCUT2D eigenvalue weighted by Gasteiger charge is 2.29. The zero-order chi connectivity index (χ0) is 28.2. The summed E-state index contributed by atoms with van der Waals surface area (Å²) in [5, 5.41) is 10.8. The van der Waals surface area contributed by atoms with Gasteiger partial charge in [-0.1, -0.05) is 64.1 Å². The van der Waals surface area contributed by atoms with E-state index in [4.69, 9.17) is 14.2 Å². The summed E-state index contributed by atoms with van der Waals surface area (Å²) in [7, 11) is 0. The lowest BCUT2D eigenvalue weighted by Crippen LogP contribution is -2.45. The zero-order valence-corrected chi connectivity index (χ0v) is 23.9. The van der Waals surface area contributed by atoms with Gasteiger partial charge in [-0.15, -0.1) is 0 Å². The Balaban J connectivity index is 0.00000163. The predicted molar refractivity (Wildman–Crippen MR) is 147 cm³/mol. The van der Waals surface area contributed by atoms with Gasteiger partial charge in [0.15, 0.2) is 23.4 Å². The Bertz CT molecular complexity index is 970. The summed E-state index contributed by atoms with van der Waals surface area (Å²) < 4.78 is 17.0. The van der Waals surface area contributed by atoms with Gasteiger partial charge in [0.25, 0.3) is 0 Å². The van der Waals surface area contributed by atoms with E-state index in [1.807, 2.05) is 97.9 Å². The fraction of sp³-hybridized carbons (Fsp3) is 0.533. The van der Waals surface area contributed by atoms with Crippen LogP contribution in [0.1, 0.15) is 79.5 Å². The molecular formula is C30H45NO6. The second kappa shape index (κ2) is 15.3. The molecule has 1 N–H and O–H groups in total. The molecule has 0 spiro atoms. The van der Waals surface area contributed by atoms with Crippen molar-refractivity contribution < 1.29 is 28.9 Å². The number of hydrogen-bond donors (Lipinski definition) is 1. The van der Waals surface area contributed by atoms with E-state index in [1.54, 1.807) is 11.0 Å². The normalized spacial score (nSPS) is 15.6. The van der Waals surface area contributed by atoms with E-state index in [0.29, 0.717) is 17.9 Å². The number of aliphatic hydroxyl groups is 1. The molecule has 0 aromatic heterocycles. The highest BCUT2D eigenvalue weighted by Crippen LogP contribution is 2.33. The van der Waals surface area contributed by atoms with Crippen molar-refractivity contribution in [3.63, 3.8) is 0 Å². The van der Waals surface area contributed by atoms with Crippen LogP contribution < -0.4 is 9.47 Å². The van der Waals surface area contributed by atoms with Gasteiger partial charge in [-0.3, -0.25) is 4.79 Å². The molecule has 2 aromatic carbocycles. The Kier molecular flexibility index (Phi) is 13.2. The summed E-state index contributed by atoms with van der Waals surface area (Å²) >= 11 is 0. The lowest BCUT2D eigenvalue weighted by molar-refractivity contribution is -0.125. The monoisotopic (exact) mass is 515 g/mol. The molecular weight excluding hydrogens is 470 g/mol. The van der Waals surface area contributed by atoms with E-state index in [1.165, 1.54) is 6.92 Å². The van der Waals surface area contributed by atoms with Crippen LogP contribution in [0, 0.1) is 0 Å². The molecule has 7 heteroatoms. The predicted octanol–water partition coefficient (Wildman–Crippen LogP) is 6.37. The third kappa shape index (κ3) is 10.1. The van der Waals surface area contributed by atoms with Crippen LogP contribution >= 0.6 is 0 Å². The summed E-state index contributed by atoms with van der Waals surface area (Å²) in [6.07, 6.45) is -1.39. The molecule has 1 heterocycles. The molecule has 206 valence electrons. The number of benzene rings is 2. The molecule has 3 atom stereocenters. The molecule has 0 fully saturated rings. The number of carbonyl (C=O) groups is 2. The van der Waals surface area contributed by atoms with E-state index in [-0.39, 0.29) is 25.0 Å². The molecule has 0 saturated carbocycles. The largest absolute Gasteiger partial charge is 0.485 e. The molecule has 0 radical (unpaired) electrons. The van der Waals surface area contributed by atoms with Crippen LogP contribution in [0.3, 0.4) is 0 Å². The number of Topliss-reactive ketones (excluding diaryl/α,β-unsaturated/α-hetero) is 1. The fourth-order valence-corrected chi connectivity index (χ4v) is 3.62. The van der Waals surface area contributed by atoms with Gasteiger partial charge in [0.1, 0.15) is 12.2 Å². The summed E-state index contributed by atoms with van der Waals surface area (Å²) in [5.41, 5.74) is 1.02. The average Bonchev–Trinajstić information content (AvgIpc) is 2.88. The number of carbonyl (C=O) groups excluding carboxylic acids is 2. The summed E-state index contributed by atoms with van der Waals surface area (Å²) in [6, 6.07) is 14.5. The van der Waals surface area contributed by atoms with Gasteiger partial charge >= 0.3 is 6.09 Å². The molecule has 1 aliphatic rings. The lowest BCUT2D eigenvalue weighted by atomic mass is 10.0. The van der Waals surface area contributed by atoms with E-state index >= 15 is 0 Å². The van der Waals surface area contributed by atoms with Crippen LogP contribution in [0.2, 0.25) is 0 Å². The molecule has 0 saturated heterocycles. The number of ether oxygens (including phenoxy) is 3. The zero-order valence-electron chi connectivity index (χ0n) is 23.9. The second-order valence-electron chi connectivity index (χ2n) is 9.42. The Hall–Kier alpha value is -3.06. The number of nitrogens with zero attached hydrogens (tertiary/aromatic N) is 1. The Morgan fingerprint density at radius 3 is 2.24 bits per heavy atom. The quantitative estimate of drug-likeness (QED) is 0.461. The Morgan fingerprint density at radius 1 is 1.05 bits per heavy atom. The second-order valence-corrected chi connectivity index (χ2v) is 9.42. The van der Waals surface area contributed by atoms with E-state index < -0.39 is 23.9 Å². The van der Waals surface area contributed by atoms with Crippen LogP contribution in [0.4, 0.5) is 4.79 Å². The van der Waals surface area contributed by atoms with Crippen molar-refractivity contribution in [2.24, 2.45) is 0 Å². The minimum Gasteiger partial charge on any atom is -0.485 e. The Morgan fingerprint density at radius 2 is 1.68 bits per heavy atom. The van der Waals surface area contributed by atoms with Crippen molar-refractivity contribution in [1.82, 2.24) is 4.90 Å². The van der Waals surface area contributed by atoms with Crippen LogP contribution in [-0.2, 0) is 16.0 Å². The molecule has 2 unspecified atom stereocenters. The number of rotatable bonds is 7. The average molecular weight is 516 g/mol. The van der Waals surface area contributed by atoms with Crippen LogP contribution in [0.25, 0.3) is 0 Å². The van der Waals surface area contributed by atoms with Gasteiger partial charge in [0.05, 0.1) is 12.6 Å². The molecule has 1 aliphatic heterocycles. The molecule has 2 aromatic rings. The topological polar surface area (TPSA) is 85.3 Å². The summed E-state index contributed by atoms with van der Waals surface area (Å²) in [5.74, 6) is 1.02. The van der Waals surface area contributed by atoms with Crippen LogP contribution in [0.5, 0.6) is 11.5 Å². The first-order chi connectivity index (χ1) is 17.5. The maximum absolute atomic E-state index is 13.0. The number of ketones is 1. The third-order valence-electron chi connectivity index (χ3n) is 5.37. The van der Waals surface area contributed by atoms with Crippen molar-refractivity contribution in [2.45, 2.75) is 92.6 Å². The van der Waals surface area contributed by atoms with E-state index in [2.05, 4.69) is 0 Å². The van der Waals surface area contributed by atoms with Crippen molar-refractivity contribution >= 4 is 11.9 Å². The first-order valence-electron chi connectivity index (χ1n) is 13.2. The highest BCUT2D eigenvalue weighted by molar-refractivity contribution is 5.81. The number of fused-ring (bicyclic) bond motifs is 1. The Labute approximate surface area is 222 Å². The van der Waals surface area contributed by atoms with Crippen LogP contribution in [0.15, 0.2) is 48.5 Å². The maximum Gasteiger partial charge on any atom is 0.410 e. The third-order valence-corrected chi connectivity index (χ3v) is 5.37. The number of amides is 1. The molecule has 0 aliphatic carbocycles.